The van der Waals surface area contributed by atoms with E-state index in [1.807, 2.05) is 0 Å². The third-order valence-corrected chi connectivity index (χ3v) is 2.35. The molecule has 3 amide bonds. The van der Waals surface area contributed by atoms with Crippen LogP contribution in [0.1, 0.15) is 5.56 Å². The van der Waals surface area contributed by atoms with Gasteiger partial charge in [0.15, 0.2) is 0 Å². The summed E-state index contributed by atoms with van der Waals surface area (Å²) >= 11 is 0. The number of nitrogens with zero attached hydrogens (tertiary/aromatic N) is 1. The minimum Gasteiger partial charge on any atom is -0.399 e. The van der Waals surface area contributed by atoms with Gasteiger partial charge in [-0.2, -0.15) is 0 Å². The van der Waals surface area contributed by atoms with Crippen LogP contribution in [0.3, 0.4) is 0 Å². The molecule has 1 aliphatic rings. The van der Waals surface area contributed by atoms with Crippen molar-refractivity contribution in [3.05, 3.63) is 23.8 Å². The van der Waals surface area contributed by atoms with E-state index in [-0.39, 0.29) is 12.3 Å². The van der Waals surface area contributed by atoms with Gasteiger partial charge in [-0.25, -0.2) is 9.69 Å². The summed E-state index contributed by atoms with van der Waals surface area (Å²) in [6, 6.07) is 4.66. The predicted octanol–water partition coefficient (Wildman–Crippen LogP) is 0.497. The zero-order valence-electron chi connectivity index (χ0n) is 8.28. The second kappa shape index (κ2) is 3.27. The van der Waals surface area contributed by atoms with Gasteiger partial charge in [0.25, 0.3) is 0 Å². The molecule has 0 aromatic heterocycles. The lowest BCUT2D eigenvalue weighted by Crippen LogP contribution is -2.40. The van der Waals surface area contributed by atoms with Gasteiger partial charge in [-0.3, -0.25) is 4.79 Å². The first-order chi connectivity index (χ1) is 7.13. The molecule has 0 saturated heterocycles. The Labute approximate surface area is 86.9 Å². The zero-order valence-corrected chi connectivity index (χ0v) is 8.28. The predicted molar refractivity (Wildman–Crippen MR) is 56.5 cm³/mol. The van der Waals surface area contributed by atoms with Crippen LogP contribution < -0.4 is 16.0 Å². The molecule has 0 bridgehead atoms. The average molecular weight is 205 g/mol. The largest absolute Gasteiger partial charge is 0.399 e. The molecule has 5 heteroatoms. The van der Waals surface area contributed by atoms with E-state index in [9.17, 15) is 9.59 Å². The lowest BCUT2D eigenvalue weighted by atomic mass is 10.1. The van der Waals surface area contributed by atoms with Gasteiger partial charge in [0.1, 0.15) is 0 Å². The summed E-state index contributed by atoms with van der Waals surface area (Å²) in [5.41, 5.74) is 7.61. The molecule has 1 aliphatic heterocycles. The minimum absolute atomic E-state index is 0.227. The molecular formula is C10H11N3O2. The van der Waals surface area contributed by atoms with Crippen LogP contribution in [0.4, 0.5) is 16.2 Å². The molecule has 1 heterocycles. The number of rotatable bonds is 0. The van der Waals surface area contributed by atoms with Crippen molar-refractivity contribution in [2.24, 2.45) is 0 Å². The fourth-order valence-electron chi connectivity index (χ4n) is 1.68. The first-order valence-corrected chi connectivity index (χ1v) is 4.56. The topological polar surface area (TPSA) is 75.4 Å². The number of urea groups is 1. The summed E-state index contributed by atoms with van der Waals surface area (Å²) in [6.45, 7) is 0. The summed E-state index contributed by atoms with van der Waals surface area (Å²) in [6.07, 6.45) is 0.230. The summed E-state index contributed by atoms with van der Waals surface area (Å²) in [7, 11) is 1.49. The molecule has 1 aromatic rings. The summed E-state index contributed by atoms with van der Waals surface area (Å²) < 4.78 is 0. The molecule has 0 aliphatic carbocycles. The van der Waals surface area contributed by atoms with Gasteiger partial charge in [-0.15, -0.1) is 0 Å². The average Bonchev–Trinajstić information content (AvgIpc) is 2.52. The molecular weight excluding hydrogens is 194 g/mol. The Balaban J connectivity index is 2.46. The van der Waals surface area contributed by atoms with E-state index in [4.69, 9.17) is 5.73 Å². The third-order valence-electron chi connectivity index (χ3n) is 2.35. The first kappa shape index (κ1) is 9.51. The van der Waals surface area contributed by atoms with Gasteiger partial charge < -0.3 is 11.1 Å². The highest BCUT2D eigenvalue weighted by atomic mass is 16.2. The van der Waals surface area contributed by atoms with Crippen LogP contribution in [0.2, 0.25) is 0 Å². The van der Waals surface area contributed by atoms with E-state index in [1.165, 1.54) is 7.05 Å². The normalized spacial score (nSPS) is 13.9. The fourth-order valence-corrected chi connectivity index (χ4v) is 1.68. The molecule has 2 rings (SSSR count). The van der Waals surface area contributed by atoms with Crippen molar-refractivity contribution >= 4 is 23.3 Å². The van der Waals surface area contributed by atoms with Gasteiger partial charge >= 0.3 is 6.03 Å². The number of nitrogen functional groups attached to an aromatic ring is 1. The molecule has 15 heavy (non-hydrogen) atoms. The first-order valence-electron chi connectivity index (χ1n) is 4.56. The van der Waals surface area contributed by atoms with E-state index in [0.29, 0.717) is 11.4 Å². The summed E-state index contributed by atoms with van der Waals surface area (Å²) in [5, 5.41) is 2.43. The quantitative estimate of drug-likeness (QED) is 0.605. The van der Waals surface area contributed by atoms with Crippen molar-refractivity contribution in [3.63, 3.8) is 0 Å². The van der Waals surface area contributed by atoms with Crippen LogP contribution in [0.15, 0.2) is 18.2 Å². The molecule has 0 spiro atoms. The fraction of sp³-hybridized carbons (Fsp3) is 0.200. The number of nitrogens with two attached hydrogens (primary N) is 1. The van der Waals surface area contributed by atoms with Crippen LogP contribution in [0, 0.1) is 0 Å². The van der Waals surface area contributed by atoms with E-state index < -0.39 is 6.03 Å². The van der Waals surface area contributed by atoms with Crippen molar-refractivity contribution in [1.29, 1.82) is 0 Å². The minimum atomic E-state index is -0.413. The Morgan fingerprint density at radius 3 is 2.93 bits per heavy atom. The van der Waals surface area contributed by atoms with E-state index in [2.05, 4.69) is 5.32 Å². The second-order valence-corrected chi connectivity index (χ2v) is 3.35. The van der Waals surface area contributed by atoms with E-state index in [0.717, 1.165) is 10.5 Å². The number of carbonyl (C=O) groups excluding carboxylic acids is 2. The second-order valence-electron chi connectivity index (χ2n) is 3.35. The third kappa shape index (κ3) is 1.41. The SMILES string of the molecule is CNC(=O)N1C(=O)Cc2cc(N)ccc21. The van der Waals surface area contributed by atoms with Crippen molar-refractivity contribution in [1.82, 2.24) is 5.32 Å². The molecule has 78 valence electrons. The Morgan fingerprint density at radius 1 is 1.53 bits per heavy atom. The number of imide groups is 1. The molecule has 5 nitrogen and oxygen atoms in total. The Bertz CT molecular complexity index is 442. The number of hydrogen-bond donors (Lipinski definition) is 2. The number of carbonyl (C=O) groups is 2. The monoisotopic (exact) mass is 205 g/mol. The van der Waals surface area contributed by atoms with Crippen molar-refractivity contribution in [2.45, 2.75) is 6.42 Å². The Hall–Kier alpha value is -2.04. The van der Waals surface area contributed by atoms with Gasteiger partial charge in [0.05, 0.1) is 12.1 Å². The molecule has 0 atom stereocenters. The smallest absolute Gasteiger partial charge is 0.328 e. The maximum Gasteiger partial charge on any atom is 0.328 e. The van der Waals surface area contributed by atoms with Gasteiger partial charge in [-0.1, -0.05) is 0 Å². The van der Waals surface area contributed by atoms with E-state index in [1.54, 1.807) is 18.2 Å². The molecule has 1 aromatic carbocycles. The highest BCUT2D eigenvalue weighted by molar-refractivity contribution is 6.18. The van der Waals surface area contributed by atoms with Gasteiger partial charge in [0.2, 0.25) is 5.91 Å². The van der Waals surface area contributed by atoms with Crippen LogP contribution >= 0.6 is 0 Å². The van der Waals surface area contributed by atoms with Crippen LogP contribution in [-0.4, -0.2) is 19.0 Å². The standard InChI is InChI=1S/C10H11N3O2/c1-12-10(15)13-8-3-2-7(11)4-6(8)5-9(13)14/h2-4H,5,11H2,1H3,(H,12,15). The zero-order chi connectivity index (χ0) is 11.0. The molecule has 0 fully saturated rings. The van der Waals surface area contributed by atoms with Crippen LogP contribution in [0.5, 0.6) is 0 Å². The lowest BCUT2D eigenvalue weighted by molar-refractivity contribution is -0.116. The Kier molecular flexibility index (Phi) is 2.07. The number of hydrogen-bond acceptors (Lipinski definition) is 3. The van der Waals surface area contributed by atoms with Gasteiger partial charge in [-0.05, 0) is 23.8 Å². The van der Waals surface area contributed by atoms with Crippen molar-refractivity contribution in [3.8, 4) is 0 Å². The Morgan fingerprint density at radius 2 is 2.27 bits per heavy atom. The van der Waals surface area contributed by atoms with Crippen LogP contribution in [0.25, 0.3) is 0 Å². The molecule has 0 radical (unpaired) electrons. The van der Waals surface area contributed by atoms with Gasteiger partial charge in [0, 0.05) is 12.7 Å². The number of fused-ring (bicyclic) bond motifs is 1. The summed E-state index contributed by atoms with van der Waals surface area (Å²) in [5.74, 6) is -0.227. The highest BCUT2D eigenvalue weighted by Gasteiger charge is 2.31. The maximum atomic E-state index is 11.6. The van der Waals surface area contributed by atoms with Crippen molar-refractivity contribution in [2.75, 3.05) is 17.7 Å². The number of nitrogens with one attached hydrogen (secondary N) is 1. The van der Waals surface area contributed by atoms with E-state index >= 15 is 0 Å². The summed E-state index contributed by atoms with van der Waals surface area (Å²) in [4.78, 5) is 24.1. The number of benzene rings is 1. The number of anilines is 2. The highest BCUT2D eigenvalue weighted by Crippen LogP contribution is 2.30. The number of amides is 3. The molecule has 0 saturated carbocycles. The molecule has 3 N–H and O–H groups in total. The molecule has 0 unspecified atom stereocenters. The lowest BCUT2D eigenvalue weighted by Gasteiger charge is -2.14. The van der Waals surface area contributed by atoms with Crippen molar-refractivity contribution < 1.29 is 9.59 Å². The maximum absolute atomic E-state index is 11.6. The van der Waals surface area contributed by atoms with Crippen LogP contribution in [-0.2, 0) is 11.2 Å².